The quantitative estimate of drug-likeness (QED) is 0.726. The largest absolute Gasteiger partial charge is 0.380 e. The third kappa shape index (κ3) is 3.94. The molecule has 0 radical (unpaired) electrons. The molecule has 0 aromatic carbocycles. The van der Waals surface area contributed by atoms with Crippen LogP contribution >= 0.6 is 0 Å². The van der Waals surface area contributed by atoms with Gasteiger partial charge in [0, 0.05) is 25.2 Å². The van der Waals surface area contributed by atoms with Gasteiger partial charge in [-0.05, 0) is 31.7 Å². The molecular weight excluding hydrogens is 212 g/mol. The summed E-state index contributed by atoms with van der Waals surface area (Å²) in [5.41, 5.74) is 6.73. The number of rotatable bonds is 6. The first-order valence-corrected chi connectivity index (χ1v) is 7.10. The first-order chi connectivity index (χ1) is 8.03. The lowest BCUT2D eigenvalue weighted by Gasteiger charge is -2.46. The molecule has 3 nitrogen and oxygen atoms in total. The van der Waals surface area contributed by atoms with E-state index in [-0.39, 0.29) is 11.5 Å². The number of hydrogen-bond donors (Lipinski definition) is 1. The molecule has 3 heteroatoms. The van der Waals surface area contributed by atoms with Crippen molar-refractivity contribution >= 4 is 0 Å². The van der Waals surface area contributed by atoms with Gasteiger partial charge in [0.25, 0.3) is 0 Å². The van der Waals surface area contributed by atoms with Gasteiger partial charge in [0.05, 0.1) is 6.61 Å². The Bertz CT molecular complexity index is 218. The Morgan fingerprint density at radius 1 is 1.35 bits per heavy atom. The second-order valence-electron chi connectivity index (χ2n) is 5.80. The lowest BCUT2D eigenvalue weighted by atomic mass is 9.71. The molecule has 1 saturated carbocycles. The summed E-state index contributed by atoms with van der Waals surface area (Å²) in [6, 6.07) is 0.821. The second-order valence-corrected chi connectivity index (χ2v) is 5.80. The Morgan fingerprint density at radius 2 is 2.06 bits per heavy atom. The van der Waals surface area contributed by atoms with E-state index in [9.17, 15) is 0 Å². The number of ether oxygens (including phenoxy) is 1. The molecule has 1 rings (SSSR count). The van der Waals surface area contributed by atoms with Gasteiger partial charge in [-0.1, -0.05) is 27.2 Å². The summed E-state index contributed by atoms with van der Waals surface area (Å²) >= 11 is 0. The third-order valence-corrected chi connectivity index (χ3v) is 4.24. The van der Waals surface area contributed by atoms with Gasteiger partial charge in [0.1, 0.15) is 0 Å². The lowest BCUT2D eigenvalue weighted by molar-refractivity contribution is 0.0441. The zero-order valence-corrected chi connectivity index (χ0v) is 12.0. The van der Waals surface area contributed by atoms with Gasteiger partial charge in [-0.2, -0.15) is 0 Å². The predicted molar refractivity (Wildman–Crippen MR) is 73.1 cm³/mol. The first-order valence-electron chi connectivity index (χ1n) is 7.10. The van der Waals surface area contributed by atoms with Gasteiger partial charge in [-0.25, -0.2) is 0 Å². The van der Waals surface area contributed by atoms with Crippen LogP contribution < -0.4 is 5.73 Å². The Balaban J connectivity index is 2.55. The normalized spacial score (nSPS) is 28.6. The fraction of sp³-hybridized carbons (Fsp3) is 1.00. The first kappa shape index (κ1) is 14.9. The number of nitrogens with zero attached hydrogens (tertiary/aromatic N) is 1. The van der Waals surface area contributed by atoms with E-state index in [1.54, 1.807) is 0 Å². The van der Waals surface area contributed by atoms with Crippen LogP contribution in [0, 0.1) is 5.41 Å². The molecule has 0 amide bonds. The van der Waals surface area contributed by atoms with E-state index in [0.29, 0.717) is 6.04 Å². The lowest BCUT2D eigenvalue weighted by Crippen LogP contribution is -2.57. The number of likely N-dealkylation sites (N-methyl/N-ethyl adjacent to an activating group) is 1. The average Bonchev–Trinajstić information content (AvgIpc) is 2.29. The average molecular weight is 242 g/mol. The molecule has 0 saturated heterocycles. The maximum atomic E-state index is 6.45. The molecule has 2 N–H and O–H groups in total. The van der Waals surface area contributed by atoms with Gasteiger partial charge < -0.3 is 10.5 Å². The van der Waals surface area contributed by atoms with Crippen molar-refractivity contribution in [2.24, 2.45) is 11.1 Å². The molecule has 0 bridgehead atoms. The topological polar surface area (TPSA) is 38.5 Å². The van der Waals surface area contributed by atoms with Gasteiger partial charge in [-0.3, -0.25) is 4.90 Å². The zero-order valence-electron chi connectivity index (χ0n) is 12.0. The van der Waals surface area contributed by atoms with Crippen LogP contribution in [-0.2, 0) is 4.74 Å². The van der Waals surface area contributed by atoms with Crippen LogP contribution in [0.2, 0.25) is 0 Å². The zero-order chi connectivity index (χ0) is 12.9. The Kier molecular flexibility index (Phi) is 5.90. The highest BCUT2D eigenvalue weighted by atomic mass is 16.5. The van der Waals surface area contributed by atoms with E-state index < -0.39 is 0 Å². The molecule has 0 heterocycles. The second kappa shape index (κ2) is 6.72. The van der Waals surface area contributed by atoms with Crippen molar-refractivity contribution in [2.45, 2.75) is 59.0 Å². The number of hydrogen-bond acceptors (Lipinski definition) is 3. The summed E-state index contributed by atoms with van der Waals surface area (Å²) in [5, 5.41) is 0. The van der Waals surface area contributed by atoms with Crippen molar-refractivity contribution in [2.75, 3.05) is 26.3 Å². The minimum Gasteiger partial charge on any atom is -0.380 e. The third-order valence-electron chi connectivity index (χ3n) is 4.24. The summed E-state index contributed by atoms with van der Waals surface area (Å²) in [4.78, 5) is 2.50. The Morgan fingerprint density at radius 3 is 2.65 bits per heavy atom. The maximum absolute atomic E-state index is 6.45. The van der Waals surface area contributed by atoms with Crippen LogP contribution in [0.4, 0.5) is 0 Å². The summed E-state index contributed by atoms with van der Waals surface area (Å²) in [6.45, 7) is 12.6. The summed E-state index contributed by atoms with van der Waals surface area (Å²) in [5.74, 6) is 0. The molecular formula is C14H30N2O. The van der Waals surface area contributed by atoms with Crippen LogP contribution in [0.3, 0.4) is 0 Å². The van der Waals surface area contributed by atoms with E-state index in [0.717, 1.165) is 26.3 Å². The van der Waals surface area contributed by atoms with Gasteiger partial charge >= 0.3 is 0 Å². The van der Waals surface area contributed by atoms with Crippen molar-refractivity contribution in [1.29, 1.82) is 0 Å². The minimum atomic E-state index is 0.280. The van der Waals surface area contributed by atoms with Gasteiger partial charge in [0.2, 0.25) is 0 Å². The molecule has 102 valence electrons. The smallest absolute Gasteiger partial charge is 0.0593 e. The minimum absolute atomic E-state index is 0.280. The van der Waals surface area contributed by atoms with Crippen molar-refractivity contribution < 1.29 is 4.74 Å². The molecule has 0 aromatic heterocycles. The van der Waals surface area contributed by atoms with Crippen molar-refractivity contribution in [1.82, 2.24) is 4.90 Å². The van der Waals surface area contributed by atoms with Crippen molar-refractivity contribution in [3.05, 3.63) is 0 Å². The summed E-state index contributed by atoms with van der Waals surface area (Å²) in [7, 11) is 0. The SMILES string of the molecule is CCOCCN(CC)C1CCCC(C)(C)C1N. The van der Waals surface area contributed by atoms with Crippen LogP contribution in [0.25, 0.3) is 0 Å². The molecule has 17 heavy (non-hydrogen) atoms. The molecule has 2 atom stereocenters. The molecule has 0 spiro atoms. The molecule has 0 aliphatic heterocycles. The predicted octanol–water partition coefficient (Wildman–Crippen LogP) is 2.25. The highest BCUT2D eigenvalue weighted by molar-refractivity contribution is 4.95. The number of nitrogens with two attached hydrogens (primary N) is 1. The highest BCUT2D eigenvalue weighted by Crippen LogP contribution is 2.36. The van der Waals surface area contributed by atoms with E-state index in [1.807, 2.05) is 6.92 Å². The fourth-order valence-corrected chi connectivity index (χ4v) is 2.93. The molecule has 2 unspecified atom stereocenters. The molecule has 1 aliphatic carbocycles. The van der Waals surface area contributed by atoms with Crippen LogP contribution in [-0.4, -0.2) is 43.3 Å². The monoisotopic (exact) mass is 242 g/mol. The Hall–Kier alpha value is -0.120. The van der Waals surface area contributed by atoms with E-state index in [2.05, 4.69) is 25.7 Å². The van der Waals surface area contributed by atoms with E-state index >= 15 is 0 Å². The molecule has 1 aliphatic rings. The van der Waals surface area contributed by atoms with E-state index in [4.69, 9.17) is 10.5 Å². The summed E-state index contributed by atoms with van der Waals surface area (Å²) in [6.07, 6.45) is 3.80. The molecule has 1 fully saturated rings. The standard InChI is InChI=1S/C14H30N2O/c1-5-16(10-11-17-6-2)12-8-7-9-14(3,4)13(12)15/h12-13H,5-11,15H2,1-4H3. The fourth-order valence-electron chi connectivity index (χ4n) is 2.93. The maximum Gasteiger partial charge on any atom is 0.0593 e. The van der Waals surface area contributed by atoms with Gasteiger partial charge in [-0.15, -0.1) is 0 Å². The van der Waals surface area contributed by atoms with Crippen LogP contribution in [0.1, 0.15) is 47.0 Å². The molecule has 0 aromatic rings. The highest BCUT2D eigenvalue weighted by Gasteiger charge is 2.38. The van der Waals surface area contributed by atoms with Crippen LogP contribution in [0.5, 0.6) is 0 Å². The van der Waals surface area contributed by atoms with Crippen molar-refractivity contribution in [3.8, 4) is 0 Å². The van der Waals surface area contributed by atoms with Crippen LogP contribution in [0.15, 0.2) is 0 Å². The van der Waals surface area contributed by atoms with E-state index in [1.165, 1.54) is 19.3 Å². The van der Waals surface area contributed by atoms with Gasteiger partial charge in [0.15, 0.2) is 0 Å². The van der Waals surface area contributed by atoms with Crippen molar-refractivity contribution in [3.63, 3.8) is 0 Å². The summed E-state index contributed by atoms with van der Waals surface area (Å²) < 4.78 is 5.46. The Labute approximate surface area is 107 Å².